The van der Waals surface area contributed by atoms with Gasteiger partial charge < -0.3 is 5.11 Å². The fourth-order valence-corrected chi connectivity index (χ4v) is 1.08. The quantitative estimate of drug-likeness (QED) is 0.554. The van der Waals surface area contributed by atoms with E-state index in [1.165, 1.54) is 19.3 Å². The van der Waals surface area contributed by atoms with Gasteiger partial charge in [0.25, 0.3) is 0 Å². The van der Waals surface area contributed by atoms with E-state index in [0.29, 0.717) is 0 Å². The van der Waals surface area contributed by atoms with Gasteiger partial charge in [-0.3, -0.25) is 0 Å². The second kappa shape index (κ2) is 13.3. The lowest BCUT2D eigenvalue weighted by molar-refractivity contribution is 0.130. The van der Waals surface area contributed by atoms with Crippen molar-refractivity contribution < 1.29 is 5.11 Å². The molecule has 1 N–H and O–H groups in total. The van der Waals surface area contributed by atoms with Crippen LogP contribution in [0.25, 0.3) is 0 Å². The third-order valence-corrected chi connectivity index (χ3v) is 1.57. The highest BCUT2D eigenvalue weighted by molar-refractivity contribution is 4.61. The normalized spacial score (nSPS) is 16.3. The summed E-state index contributed by atoms with van der Waals surface area (Å²) in [5.74, 6) is 0. The molecular formula is C11H24O. The van der Waals surface area contributed by atoms with Crippen molar-refractivity contribution in [3.63, 3.8) is 0 Å². The number of rotatable bonds is 0. The molecular weight excluding hydrogens is 148 g/mol. The van der Waals surface area contributed by atoms with Crippen LogP contribution in [0.3, 0.4) is 0 Å². The minimum Gasteiger partial charge on any atom is -0.393 e. The summed E-state index contributed by atoms with van der Waals surface area (Å²) in [6.07, 6.45) is 7.67. The van der Waals surface area contributed by atoms with Gasteiger partial charge in [0.05, 0.1) is 6.10 Å². The van der Waals surface area contributed by atoms with Gasteiger partial charge in [0.15, 0.2) is 0 Å². The van der Waals surface area contributed by atoms with Crippen LogP contribution in [0.2, 0.25) is 0 Å². The van der Waals surface area contributed by atoms with Crippen LogP contribution in [0.5, 0.6) is 0 Å². The molecule has 1 aliphatic carbocycles. The Balaban J connectivity index is 0. The zero-order chi connectivity index (χ0) is 9.82. The number of aliphatic hydroxyl groups is 1. The lowest BCUT2D eigenvalue weighted by Gasteiger charge is -2.14. The second-order valence-corrected chi connectivity index (χ2v) is 2.70. The van der Waals surface area contributed by atoms with Crippen LogP contribution in [0.1, 0.15) is 52.9 Å². The topological polar surface area (TPSA) is 20.2 Å². The average molecular weight is 172 g/mol. The van der Waals surface area contributed by atoms with E-state index in [4.69, 9.17) is 5.11 Å². The molecule has 0 aliphatic heterocycles. The molecule has 1 aliphatic rings. The fraction of sp³-hybridized carbons (Fsp3) is 0.818. The average Bonchev–Trinajstić information content (AvgIpc) is 2.11. The van der Waals surface area contributed by atoms with Gasteiger partial charge >= 0.3 is 0 Å². The minimum atomic E-state index is 0.0359. The maximum absolute atomic E-state index is 8.91. The van der Waals surface area contributed by atoms with Crippen LogP contribution in [0.4, 0.5) is 0 Å². The van der Waals surface area contributed by atoms with Crippen molar-refractivity contribution in [1.29, 1.82) is 0 Å². The molecule has 0 unspecified atom stereocenters. The van der Waals surface area contributed by atoms with Crippen LogP contribution in [-0.2, 0) is 0 Å². The summed E-state index contributed by atoms with van der Waals surface area (Å²) in [5.41, 5.74) is 0. The Morgan fingerprint density at radius 1 is 1.17 bits per heavy atom. The van der Waals surface area contributed by atoms with E-state index in [1.54, 1.807) is 6.08 Å². The monoisotopic (exact) mass is 172 g/mol. The van der Waals surface area contributed by atoms with Crippen molar-refractivity contribution in [2.45, 2.75) is 59.0 Å². The molecule has 0 aromatic carbocycles. The molecule has 0 spiro atoms. The highest BCUT2D eigenvalue weighted by Crippen LogP contribution is 2.16. The largest absolute Gasteiger partial charge is 0.393 e. The molecule has 1 heteroatoms. The molecule has 0 saturated heterocycles. The SMILES string of the molecule is C=CC.CC.OC1CCCCC1. The Kier molecular flexibility index (Phi) is 15.8. The van der Waals surface area contributed by atoms with Crippen molar-refractivity contribution in [2.75, 3.05) is 0 Å². The van der Waals surface area contributed by atoms with Crippen LogP contribution >= 0.6 is 0 Å². The zero-order valence-corrected chi connectivity index (χ0v) is 8.84. The number of allylic oxidation sites excluding steroid dienone is 1. The smallest absolute Gasteiger partial charge is 0.0540 e. The van der Waals surface area contributed by atoms with Gasteiger partial charge in [-0.2, -0.15) is 0 Å². The summed E-state index contributed by atoms with van der Waals surface area (Å²) in [7, 11) is 0. The van der Waals surface area contributed by atoms with Crippen molar-refractivity contribution in [3.05, 3.63) is 12.7 Å². The summed E-state index contributed by atoms with van der Waals surface area (Å²) >= 11 is 0. The van der Waals surface area contributed by atoms with E-state index < -0.39 is 0 Å². The van der Waals surface area contributed by atoms with Gasteiger partial charge in [0, 0.05) is 0 Å². The summed E-state index contributed by atoms with van der Waals surface area (Å²) in [6, 6.07) is 0. The Morgan fingerprint density at radius 3 is 1.67 bits per heavy atom. The van der Waals surface area contributed by atoms with Crippen LogP contribution in [0.15, 0.2) is 12.7 Å². The van der Waals surface area contributed by atoms with Crippen LogP contribution < -0.4 is 0 Å². The minimum absolute atomic E-state index is 0.0359. The molecule has 0 heterocycles. The van der Waals surface area contributed by atoms with E-state index in [1.807, 2.05) is 20.8 Å². The maximum Gasteiger partial charge on any atom is 0.0540 e. The maximum atomic E-state index is 8.91. The van der Waals surface area contributed by atoms with Gasteiger partial charge in [-0.05, 0) is 19.8 Å². The molecule has 0 radical (unpaired) electrons. The van der Waals surface area contributed by atoms with Gasteiger partial charge in [-0.15, -0.1) is 6.58 Å². The van der Waals surface area contributed by atoms with Crippen LogP contribution in [-0.4, -0.2) is 11.2 Å². The van der Waals surface area contributed by atoms with Gasteiger partial charge in [0.2, 0.25) is 0 Å². The molecule has 1 fully saturated rings. The Labute approximate surface area is 77.5 Å². The van der Waals surface area contributed by atoms with E-state index in [0.717, 1.165) is 12.8 Å². The second-order valence-electron chi connectivity index (χ2n) is 2.70. The zero-order valence-electron chi connectivity index (χ0n) is 8.84. The molecule has 0 aromatic heterocycles. The number of hydrogen-bond acceptors (Lipinski definition) is 1. The van der Waals surface area contributed by atoms with E-state index >= 15 is 0 Å². The molecule has 1 saturated carbocycles. The van der Waals surface area contributed by atoms with Crippen molar-refractivity contribution in [3.8, 4) is 0 Å². The molecule has 12 heavy (non-hydrogen) atoms. The highest BCUT2D eigenvalue weighted by atomic mass is 16.3. The van der Waals surface area contributed by atoms with Crippen molar-refractivity contribution >= 4 is 0 Å². The number of aliphatic hydroxyl groups excluding tert-OH is 1. The fourth-order valence-electron chi connectivity index (χ4n) is 1.08. The van der Waals surface area contributed by atoms with E-state index in [-0.39, 0.29) is 6.10 Å². The summed E-state index contributed by atoms with van der Waals surface area (Å²) < 4.78 is 0. The summed E-state index contributed by atoms with van der Waals surface area (Å²) in [4.78, 5) is 0. The highest BCUT2D eigenvalue weighted by Gasteiger charge is 2.07. The van der Waals surface area contributed by atoms with Crippen molar-refractivity contribution in [1.82, 2.24) is 0 Å². The third kappa shape index (κ3) is 12.4. The lowest BCUT2D eigenvalue weighted by Crippen LogP contribution is -2.09. The molecule has 0 amide bonds. The standard InChI is InChI=1S/C6H12O.C3H6.C2H6/c7-6-4-2-1-3-5-6;1-3-2;1-2/h6-7H,1-5H2;3H,1H2,2H3;1-2H3. The first-order valence-corrected chi connectivity index (χ1v) is 5.06. The molecule has 0 aromatic rings. The van der Waals surface area contributed by atoms with Gasteiger partial charge in [-0.25, -0.2) is 0 Å². The predicted molar refractivity (Wildman–Crippen MR) is 56.3 cm³/mol. The molecule has 74 valence electrons. The Morgan fingerprint density at radius 2 is 1.50 bits per heavy atom. The van der Waals surface area contributed by atoms with Gasteiger partial charge in [-0.1, -0.05) is 39.2 Å². The molecule has 1 rings (SSSR count). The first-order chi connectivity index (χ1) is 5.81. The Hall–Kier alpha value is -0.300. The van der Waals surface area contributed by atoms with Crippen molar-refractivity contribution in [2.24, 2.45) is 0 Å². The van der Waals surface area contributed by atoms with Crippen LogP contribution in [0, 0.1) is 0 Å². The summed E-state index contributed by atoms with van der Waals surface area (Å²) in [6.45, 7) is 9.25. The molecule has 1 nitrogen and oxygen atoms in total. The first kappa shape index (κ1) is 14.2. The predicted octanol–water partition coefficient (Wildman–Crippen LogP) is 3.53. The summed E-state index contributed by atoms with van der Waals surface area (Å²) in [5, 5.41) is 8.91. The Bertz CT molecular complexity index is 73.1. The third-order valence-electron chi connectivity index (χ3n) is 1.57. The van der Waals surface area contributed by atoms with E-state index in [2.05, 4.69) is 6.58 Å². The van der Waals surface area contributed by atoms with E-state index in [9.17, 15) is 0 Å². The van der Waals surface area contributed by atoms with Gasteiger partial charge in [0.1, 0.15) is 0 Å². The number of hydrogen-bond donors (Lipinski definition) is 1. The lowest BCUT2D eigenvalue weighted by atomic mass is 9.98. The molecule has 0 bridgehead atoms. The molecule has 0 atom stereocenters. The first-order valence-electron chi connectivity index (χ1n) is 5.06.